The fourth-order valence-electron chi connectivity index (χ4n) is 3.09. The van der Waals surface area contributed by atoms with Gasteiger partial charge in [-0.15, -0.1) is 0 Å². The molecule has 23 heavy (non-hydrogen) atoms. The monoisotopic (exact) mass is 339 g/mol. The Labute approximate surface area is 141 Å². The molecule has 1 saturated carbocycles. The number of carbonyl (C=O) groups is 1. The van der Waals surface area contributed by atoms with Gasteiger partial charge in [-0.2, -0.15) is 0 Å². The largest absolute Gasteiger partial charge is 0.319 e. The molecule has 7 heteroatoms. The Morgan fingerprint density at radius 3 is 2.65 bits per heavy atom. The van der Waals surface area contributed by atoms with E-state index in [4.69, 9.17) is 11.6 Å². The van der Waals surface area contributed by atoms with Crippen molar-refractivity contribution in [1.29, 1.82) is 0 Å². The minimum absolute atomic E-state index is 0.180. The number of hydrogen-bond donors (Lipinski definition) is 1. The van der Waals surface area contributed by atoms with E-state index >= 15 is 0 Å². The molecule has 6 nitrogen and oxygen atoms in total. The van der Waals surface area contributed by atoms with Gasteiger partial charge < -0.3 is 5.32 Å². The Bertz CT molecular complexity index is 586. The SMILES string of the molecule is CC(C)N(CC(=O)Nc1ccc(Cl)cc1[N+](=O)[O-])C1CCCC1. The van der Waals surface area contributed by atoms with Crippen molar-refractivity contribution >= 4 is 28.9 Å². The van der Waals surface area contributed by atoms with Gasteiger partial charge in [0.15, 0.2) is 0 Å². The van der Waals surface area contributed by atoms with E-state index in [1.54, 1.807) is 0 Å². The summed E-state index contributed by atoms with van der Waals surface area (Å²) in [6.07, 6.45) is 4.59. The molecule has 1 aliphatic rings. The zero-order chi connectivity index (χ0) is 17.0. The molecule has 0 aliphatic heterocycles. The predicted molar refractivity (Wildman–Crippen MR) is 90.8 cm³/mol. The maximum absolute atomic E-state index is 12.3. The second-order valence-corrected chi connectivity index (χ2v) is 6.61. The summed E-state index contributed by atoms with van der Waals surface area (Å²) in [6.45, 7) is 4.37. The highest BCUT2D eigenvalue weighted by Crippen LogP contribution is 2.28. The van der Waals surface area contributed by atoms with Gasteiger partial charge in [0.05, 0.1) is 11.5 Å². The first-order chi connectivity index (χ1) is 10.9. The normalized spacial score (nSPS) is 15.3. The fourth-order valence-corrected chi connectivity index (χ4v) is 3.25. The number of nitrogens with one attached hydrogen (secondary N) is 1. The van der Waals surface area contributed by atoms with Crippen LogP contribution in [0.4, 0.5) is 11.4 Å². The Kier molecular flexibility index (Phi) is 5.96. The van der Waals surface area contributed by atoms with Gasteiger partial charge in [-0.3, -0.25) is 19.8 Å². The third-order valence-corrected chi connectivity index (χ3v) is 4.45. The lowest BCUT2D eigenvalue weighted by atomic mass is 10.1. The van der Waals surface area contributed by atoms with Gasteiger partial charge in [0.1, 0.15) is 5.69 Å². The van der Waals surface area contributed by atoms with Crippen molar-refractivity contribution in [3.63, 3.8) is 0 Å². The van der Waals surface area contributed by atoms with Crippen molar-refractivity contribution in [2.45, 2.75) is 51.6 Å². The number of rotatable bonds is 6. The van der Waals surface area contributed by atoms with Gasteiger partial charge in [-0.1, -0.05) is 24.4 Å². The van der Waals surface area contributed by atoms with E-state index in [1.807, 2.05) is 0 Å². The van der Waals surface area contributed by atoms with Gasteiger partial charge in [-0.25, -0.2) is 0 Å². The van der Waals surface area contributed by atoms with E-state index < -0.39 is 4.92 Å². The van der Waals surface area contributed by atoms with Crippen LogP contribution in [0.15, 0.2) is 18.2 Å². The van der Waals surface area contributed by atoms with Crippen LogP contribution < -0.4 is 5.32 Å². The Balaban J connectivity index is 2.07. The first-order valence-electron chi connectivity index (χ1n) is 7.88. The van der Waals surface area contributed by atoms with Crippen LogP contribution in [0.25, 0.3) is 0 Å². The van der Waals surface area contributed by atoms with Crippen LogP contribution in [0.1, 0.15) is 39.5 Å². The molecular formula is C16H22ClN3O3. The minimum Gasteiger partial charge on any atom is -0.319 e. The summed E-state index contributed by atoms with van der Waals surface area (Å²) in [6, 6.07) is 4.91. The topological polar surface area (TPSA) is 75.5 Å². The molecule has 0 unspecified atom stereocenters. The number of halogens is 1. The molecule has 0 spiro atoms. The third kappa shape index (κ3) is 4.65. The molecule has 0 saturated heterocycles. The van der Waals surface area contributed by atoms with Crippen LogP contribution in [-0.4, -0.2) is 34.4 Å². The van der Waals surface area contributed by atoms with E-state index in [-0.39, 0.29) is 34.9 Å². The zero-order valence-corrected chi connectivity index (χ0v) is 14.2. The molecule has 0 bridgehead atoms. The summed E-state index contributed by atoms with van der Waals surface area (Å²) >= 11 is 5.78. The van der Waals surface area contributed by atoms with E-state index in [9.17, 15) is 14.9 Å². The van der Waals surface area contributed by atoms with Gasteiger partial charge in [-0.05, 0) is 38.8 Å². The van der Waals surface area contributed by atoms with Crippen molar-refractivity contribution in [2.24, 2.45) is 0 Å². The molecule has 0 radical (unpaired) electrons. The highest BCUT2D eigenvalue weighted by molar-refractivity contribution is 6.31. The van der Waals surface area contributed by atoms with Crippen molar-refractivity contribution in [3.8, 4) is 0 Å². The first kappa shape index (κ1) is 17.7. The van der Waals surface area contributed by atoms with E-state index in [0.29, 0.717) is 6.04 Å². The van der Waals surface area contributed by atoms with Crippen molar-refractivity contribution in [3.05, 3.63) is 33.3 Å². The quantitative estimate of drug-likeness (QED) is 0.631. The number of hydrogen-bond acceptors (Lipinski definition) is 4. The number of anilines is 1. The molecule has 2 rings (SSSR count). The molecule has 1 aromatic carbocycles. The molecule has 1 fully saturated rings. The third-order valence-electron chi connectivity index (χ3n) is 4.21. The number of amides is 1. The lowest BCUT2D eigenvalue weighted by molar-refractivity contribution is -0.383. The second-order valence-electron chi connectivity index (χ2n) is 6.17. The van der Waals surface area contributed by atoms with Gasteiger partial charge in [0.25, 0.3) is 5.69 Å². The highest BCUT2D eigenvalue weighted by atomic mass is 35.5. The van der Waals surface area contributed by atoms with E-state index in [0.717, 1.165) is 12.8 Å². The Morgan fingerprint density at radius 1 is 1.43 bits per heavy atom. The van der Waals surface area contributed by atoms with Crippen molar-refractivity contribution < 1.29 is 9.72 Å². The number of nitro benzene ring substituents is 1. The number of carbonyl (C=O) groups excluding carboxylic acids is 1. The van der Waals surface area contributed by atoms with E-state index in [2.05, 4.69) is 24.1 Å². The zero-order valence-electron chi connectivity index (χ0n) is 13.4. The molecule has 0 heterocycles. The minimum atomic E-state index is -0.543. The number of nitro groups is 1. The predicted octanol–water partition coefficient (Wildman–Crippen LogP) is 3.84. The first-order valence-corrected chi connectivity index (χ1v) is 8.26. The van der Waals surface area contributed by atoms with Gasteiger partial charge in [0.2, 0.25) is 5.91 Å². The molecular weight excluding hydrogens is 318 g/mol. The molecule has 126 valence electrons. The summed E-state index contributed by atoms with van der Waals surface area (Å²) in [5.41, 5.74) is -0.0117. The number of benzene rings is 1. The van der Waals surface area contributed by atoms with Crippen LogP contribution in [0.2, 0.25) is 5.02 Å². The fraction of sp³-hybridized carbons (Fsp3) is 0.562. The molecule has 0 aromatic heterocycles. The Hall–Kier alpha value is -1.66. The van der Waals surface area contributed by atoms with Crippen molar-refractivity contribution in [1.82, 2.24) is 4.90 Å². The highest BCUT2D eigenvalue weighted by Gasteiger charge is 2.27. The summed E-state index contributed by atoms with van der Waals surface area (Å²) in [5.74, 6) is -0.240. The van der Waals surface area contributed by atoms with Crippen LogP contribution in [0.3, 0.4) is 0 Å². The molecule has 1 N–H and O–H groups in total. The van der Waals surface area contributed by atoms with Gasteiger partial charge in [0, 0.05) is 23.2 Å². The van der Waals surface area contributed by atoms with Crippen LogP contribution in [0.5, 0.6) is 0 Å². The van der Waals surface area contributed by atoms with Crippen molar-refractivity contribution in [2.75, 3.05) is 11.9 Å². The maximum atomic E-state index is 12.3. The summed E-state index contributed by atoms with van der Waals surface area (Å²) in [7, 11) is 0. The van der Waals surface area contributed by atoms with Gasteiger partial charge >= 0.3 is 0 Å². The Morgan fingerprint density at radius 2 is 2.09 bits per heavy atom. The standard InChI is InChI=1S/C16H22ClN3O3/c1-11(2)19(13-5-3-4-6-13)10-16(21)18-14-8-7-12(17)9-15(14)20(22)23/h7-9,11,13H,3-6,10H2,1-2H3,(H,18,21). The summed E-state index contributed by atoms with van der Waals surface area (Å²) in [4.78, 5) is 25.0. The summed E-state index contributed by atoms with van der Waals surface area (Å²) in [5, 5.41) is 14.0. The average Bonchev–Trinajstić information content (AvgIpc) is 3.00. The number of nitrogens with zero attached hydrogens (tertiary/aromatic N) is 2. The lowest BCUT2D eigenvalue weighted by Crippen LogP contribution is -2.43. The molecule has 0 atom stereocenters. The average molecular weight is 340 g/mol. The molecule has 1 amide bonds. The van der Waals surface area contributed by atoms with Crippen LogP contribution in [-0.2, 0) is 4.79 Å². The smallest absolute Gasteiger partial charge is 0.294 e. The van der Waals surface area contributed by atoms with E-state index in [1.165, 1.54) is 31.0 Å². The lowest BCUT2D eigenvalue weighted by Gasteiger charge is -2.31. The molecule has 1 aromatic rings. The molecule has 1 aliphatic carbocycles. The van der Waals surface area contributed by atoms with Crippen LogP contribution in [0, 0.1) is 10.1 Å². The summed E-state index contributed by atoms with van der Waals surface area (Å²) < 4.78 is 0. The maximum Gasteiger partial charge on any atom is 0.294 e. The van der Waals surface area contributed by atoms with Crippen LogP contribution >= 0.6 is 11.6 Å². The second kappa shape index (κ2) is 7.75.